The number of hydrogen-bond donors (Lipinski definition) is 1. The van der Waals surface area contributed by atoms with Crippen molar-refractivity contribution in [2.24, 2.45) is 0 Å². The number of nitrogens with one attached hydrogen (secondary N) is 1. The van der Waals surface area contributed by atoms with Crippen LogP contribution in [0.2, 0.25) is 0 Å². The fraction of sp³-hybridized carbons (Fsp3) is 0.450. The van der Waals surface area contributed by atoms with Crippen molar-refractivity contribution in [2.75, 3.05) is 26.2 Å². The highest BCUT2D eigenvalue weighted by Crippen LogP contribution is 2.24. The quantitative estimate of drug-likeness (QED) is 0.719. The molecule has 2 aromatic rings. The zero-order valence-electron chi connectivity index (χ0n) is 15.2. The molecule has 1 aromatic heterocycles. The molecule has 2 heterocycles. The number of benzene rings is 1. The highest BCUT2D eigenvalue weighted by molar-refractivity contribution is 9.11. The van der Waals surface area contributed by atoms with Gasteiger partial charge in [0.2, 0.25) is 5.91 Å². The molecule has 0 aliphatic carbocycles. The Balaban J connectivity index is 1.47. The van der Waals surface area contributed by atoms with E-state index in [1.165, 1.54) is 8.66 Å². The van der Waals surface area contributed by atoms with E-state index in [0.29, 0.717) is 6.54 Å². The van der Waals surface area contributed by atoms with Crippen molar-refractivity contribution >= 4 is 33.2 Å². The summed E-state index contributed by atoms with van der Waals surface area (Å²) in [5, 5.41) is 3.10. The molecule has 26 heavy (non-hydrogen) atoms. The Morgan fingerprint density at radius 2 is 1.88 bits per heavy atom. The van der Waals surface area contributed by atoms with Gasteiger partial charge in [0.05, 0.1) is 9.83 Å². The second kappa shape index (κ2) is 9.65. The summed E-state index contributed by atoms with van der Waals surface area (Å²) in [7, 11) is 0. The normalized spacial score (nSPS) is 17.2. The zero-order chi connectivity index (χ0) is 18.4. The van der Waals surface area contributed by atoms with Gasteiger partial charge in [0, 0.05) is 44.1 Å². The van der Waals surface area contributed by atoms with Gasteiger partial charge in [-0.2, -0.15) is 0 Å². The Bertz CT molecular complexity index is 698. The van der Waals surface area contributed by atoms with E-state index >= 15 is 0 Å². The lowest BCUT2D eigenvalue weighted by molar-refractivity contribution is -0.127. The average molecular weight is 436 g/mol. The van der Waals surface area contributed by atoms with Gasteiger partial charge in [-0.05, 0) is 40.0 Å². The van der Waals surface area contributed by atoms with Crippen LogP contribution in [0.4, 0.5) is 0 Å². The minimum atomic E-state index is -0.0308. The Morgan fingerprint density at radius 3 is 2.50 bits per heavy atom. The molecule has 0 spiro atoms. The van der Waals surface area contributed by atoms with Gasteiger partial charge in [0.15, 0.2) is 0 Å². The van der Waals surface area contributed by atoms with Crippen LogP contribution < -0.4 is 5.32 Å². The number of rotatable bonds is 7. The number of piperazine rings is 1. The van der Waals surface area contributed by atoms with Gasteiger partial charge in [0.25, 0.3) is 0 Å². The van der Waals surface area contributed by atoms with E-state index in [1.807, 2.05) is 30.3 Å². The van der Waals surface area contributed by atoms with E-state index in [1.54, 1.807) is 11.3 Å². The highest BCUT2D eigenvalue weighted by atomic mass is 79.9. The summed E-state index contributed by atoms with van der Waals surface area (Å²) in [5.74, 6) is 0.145. The summed E-state index contributed by atoms with van der Waals surface area (Å²) >= 11 is 5.33. The standard InChI is InChI=1S/C20H26BrN3OS/c1-2-18(20(25)22-14-16-6-4-3-5-7-16)24-12-10-23(11-13-24)15-17-8-9-19(21)26-17/h3-9,18H,2,10-15H2,1H3,(H,22,25). The molecule has 4 nitrogen and oxygen atoms in total. The highest BCUT2D eigenvalue weighted by Gasteiger charge is 2.27. The maximum Gasteiger partial charge on any atom is 0.237 e. The van der Waals surface area contributed by atoms with Crippen LogP contribution in [0.15, 0.2) is 46.3 Å². The molecule has 1 aromatic carbocycles. The van der Waals surface area contributed by atoms with E-state index in [2.05, 4.69) is 50.1 Å². The third kappa shape index (κ3) is 5.39. The van der Waals surface area contributed by atoms with Crippen molar-refractivity contribution in [3.05, 3.63) is 56.7 Å². The van der Waals surface area contributed by atoms with Gasteiger partial charge in [-0.25, -0.2) is 0 Å². The van der Waals surface area contributed by atoms with Gasteiger partial charge in [0.1, 0.15) is 0 Å². The largest absolute Gasteiger partial charge is 0.351 e. The summed E-state index contributed by atoms with van der Waals surface area (Å²) in [4.78, 5) is 18.8. The van der Waals surface area contributed by atoms with Crippen molar-refractivity contribution in [2.45, 2.75) is 32.5 Å². The number of hydrogen-bond acceptors (Lipinski definition) is 4. The van der Waals surface area contributed by atoms with Crippen LogP contribution in [0, 0.1) is 0 Å². The first kappa shape index (κ1) is 19.5. The van der Waals surface area contributed by atoms with E-state index in [-0.39, 0.29) is 11.9 Å². The number of thiophene rings is 1. The van der Waals surface area contributed by atoms with E-state index in [0.717, 1.165) is 44.7 Å². The molecule has 0 bridgehead atoms. The molecule has 140 valence electrons. The first-order valence-electron chi connectivity index (χ1n) is 9.18. The topological polar surface area (TPSA) is 35.6 Å². The second-order valence-electron chi connectivity index (χ2n) is 6.65. The van der Waals surface area contributed by atoms with Crippen LogP contribution in [0.5, 0.6) is 0 Å². The van der Waals surface area contributed by atoms with Gasteiger partial charge in [-0.3, -0.25) is 14.6 Å². The minimum Gasteiger partial charge on any atom is -0.351 e. The molecule has 1 fully saturated rings. The Hall–Kier alpha value is -1.21. The number of carbonyl (C=O) groups is 1. The van der Waals surface area contributed by atoms with Crippen molar-refractivity contribution < 1.29 is 4.79 Å². The Kier molecular flexibility index (Phi) is 7.25. The lowest BCUT2D eigenvalue weighted by Crippen LogP contribution is -2.54. The molecule has 1 aliphatic rings. The summed E-state index contributed by atoms with van der Waals surface area (Å²) in [6.45, 7) is 7.62. The molecule has 1 aliphatic heterocycles. The van der Waals surface area contributed by atoms with Crippen LogP contribution in [0.25, 0.3) is 0 Å². The van der Waals surface area contributed by atoms with E-state index < -0.39 is 0 Å². The molecule has 1 atom stereocenters. The van der Waals surface area contributed by atoms with Crippen LogP contribution in [0.1, 0.15) is 23.8 Å². The number of halogens is 1. The van der Waals surface area contributed by atoms with Crippen molar-refractivity contribution in [1.29, 1.82) is 0 Å². The SMILES string of the molecule is CCC(C(=O)NCc1ccccc1)N1CCN(Cc2ccc(Br)s2)CC1. The van der Waals surface area contributed by atoms with Gasteiger partial charge < -0.3 is 5.32 Å². The molecule has 1 unspecified atom stereocenters. The number of amides is 1. The average Bonchev–Trinajstić information content (AvgIpc) is 3.07. The lowest BCUT2D eigenvalue weighted by atomic mass is 10.1. The van der Waals surface area contributed by atoms with Crippen molar-refractivity contribution in [3.63, 3.8) is 0 Å². The van der Waals surface area contributed by atoms with Crippen LogP contribution in [0.3, 0.4) is 0 Å². The van der Waals surface area contributed by atoms with E-state index in [9.17, 15) is 4.79 Å². The van der Waals surface area contributed by atoms with Crippen LogP contribution in [-0.4, -0.2) is 47.9 Å². The summed E-state index contributed by atoms with van der Waals surface area (Å²) in [5.41, 5.74) is 1.14. The molecule has 3 rings (SSSR count). The summed E-state index contributed by atoms with van der Waals surface area (Å²) in [6.07, 6.45) is 0.846. The summed E-state index contributed by atoms with van der Waals surface area (Å²) < 4.78 is 1.19. The lowest BCUT2D eigenvalue weighted by Gasteiger charge is -2.38. The Morgan fingerprint density at radius 1 is 1.15 bits per heavy atom. The molecule has 0 radical (unpaired) electrons. The molecule has 0 saturated carbocycles. The second-order valence-corrected chi connectivity index (χ2v) is 9.19. The molecule has 6 heteroatoms. The fourth-order valence-electron chi connectivity index (χ4n) is 3.40. The van der Waals surface area contributed by atoms with Crippen LogP contribution in [-0.2, 0) is 17.9 Å². The van der Waals surface area contributed by atoms with Crippen LogP contribution >= 0.6 is 27.3 Å². The predicted molar refractivity (Wildman–Crippen MR) is 111 cm³/mol. The summed E-state index contributed by atoms with van der Waals surface area (Å²) in [6, 6.07) is 14.4. The Labute approximate surface area is 168 Å². The van der Waals surface area contributed by atoms with Crippen molar-refractivity contribution in [1.82, 2.24) is 15.1 Å². The molecular formula is C20H26BrN3OS. The third-order valence-corrected chi connectivity index (χ3v) is 6.46. The maximum atomic E-state index is 12.7. The smallest absolute Gasteiger partial charge is 0.237 e. The minimum absolute atomic E-state index is 0.0308. The monoisotopic (exact) mass is 435 g/mol. The van der Waals surface area contributed by atoms with Gasteiger partial charge in [-0.1, -0.05) is 37.3 Å². The maximum absolute atomic E-state index is 12.7. The van der Waals surface area contributed by atoms with Gasteiger partial charge >= 0.3 is 0 Å². The zero-order valence-corrected chi connectivity index (χ0v) is 17.6. The number of nitrogens with zero attached hydrogens (tertiary/aromatic N) is 2. The first-order valence-corrected chi connectivity index (χ1v) is 10.8. The molecule has 1 saturated heterocycles. The van der Waals surface area contributed by atoms with Crippen molar-refractivity contribution in [3.8, 4) is 0 Å². The fourth-order valence-corrected chi connectivity index (χ4v) is 4.93. The molecular weight excluding hydrogens is 410 g/mol. The van der Waals surface area contributed by atoms with Gasteiger partial charge in [-0.15, -0.1) is 11.3 Å². The predicted octanol–water partition coefficient (Wildman–Crippen LogP) is 3.72. The number of carbonyl (C=O) groups excluding carboxylic acids is 1. The molecule has 1 N–H and O–H groups in total. The third-order valence-electron chi connectivity index (χ3n) is 4.85. The van der Waals surface area contributed by atoms with E-state index in [4.69, 9.17) is 0 Å². The first-order chi connectivity index (χ1) is 12.7. The molecule has 1 amide bonds.